The Bertz CT molecular complexity index is 456. The lowest BCUT2D eigenvalue weighted by atomic mass is 10.1. The number of carbonyl (C=O) groups is 2. The van der Waals surface area contributed by atoms with Gasteiger partial charge >= 0.3 is 5.97 Å². The van der Waals surface area contributed by atoms with Crippen LogP contribution in [0.1, 0.15) is 35.7 Å². The van der Waals surface area contributed by atoms with Gasteiger partial charge in [0.05, 0.1) is 0 Å². The van der Waals surface area contributed by atoms with Gasteiger partial charge in [0.2, 0.25) is 0 Å². The van der Waals surface area contributed by atoms with Crippen molar-refractivity contribution in [1.82, 2.24) is 5.32 Å². The van der Waals surface area contributed by atoms with E-state index in [9.17, 15) is 14.7 Å². The number of hydrogen-bond acceptors (Lipinski definition) is 3. The molecule has 0 fully saturated rings. The molecule has 1 atom stereocenters. The Balaban J connectivity index is 2.80. The van der Waals surface area contributed by atoms with E-state index in [-0.39, 0.29) is 5.75 Å². The number of rotatable bonds is 5. The number of aromatic hydroxyl groups is 1. The lowest BCUT2D eigenvalue weighted by Crippen LogP contribution is -2.40. The second-order valence-electron chi connectivity index (χ2n) is 4.15. The van der Waals surface area contributed by atoms with Gasteiger partial charge in [-0.15, -0.1) is 0 Å². The number of amides is 1. The van der Waals surface area contributed by atoms with Gasteiger partial charge < -0.3 is 15.5 Å². The highest BCUT2D eigenvalue weighted by Crippen LogP contribution is 2.17. The standard InChI is InChI=1S/C13H17NO4/c1-3-4-10(13(17)18)14-12(16)9-5-6-11(15)8(2)7-9/h5-7,10,15H,3-4H2,1-2H3,(H,14,16)(H,17,18)/t10-/m0/s1. The maximum atomic E-state index is 11.8. The smallest absolute Gasteiger partial charge is 0.326 e. The minimum absolute atomic E-state index is 0.106. The fourth-order valence-electron chi connectivity index (χ4n) is 1.58. The Morgan fingerprint density at radius 1 is 1.39 bits per heavy atom. The first-order chi connectivity index (χ1) is 8.45. The van der Waals surface area contributed by atoms with E-state index in [0.29, 0.717) is 24.0 Å². The van der Waals surface area contributed by atoms with Crippen LogP contribution in [0.15, 0.2) is 18.2 Å². The number of carboxylic acids is 1. The van der Waals surface area contributed by atoms with Gasteiger partial charge in [0, 0.05) is 5.56 Å². The number of nitrogens with one attached hydrogen (secondary N) is 1. The van der Waals surface area contributed by atoms with Crippen LogP contribution in [0, 0.1) is 6.92 Å². The van der Waals surface area contributed by atoms with Gasteiger partial charge in [-0.05, 0) is 37.1 Å². The van der Waals surface area contributed by atoms with Crippen LogP contribution in [-0.2, 0) is 4.79 Å². The topological polar surface area (TPSA) is 86.6 Å². The summed E-state index contributed by atoms with van der Waals surface area (Å²) < 4.78 is 0. The summed E-state index contributed by atoms with van der Waals surface area (Å²) in [5.74, 6) is -1.38. The highest BCUT2D eigenvalue weighted by molar-refractivity contribution is 5.96. The highest BCUT2D eigenvalue weighted by Gasteiger charge is 2.19. The second kappa shape index (κ2) is 6.05. The fraction of sp³-hybridized carbons (Fsp3) is 0.385. The van der Waals surface area contributed by atoms with Crippen LogP contribution in [0.4, 0.5) is 0 Å². The molecule has 0 saturated heterocycles. The van der Waals surface area contributed by atoms with E-state index in [1.54, 1.807) is 6.92 Å². The molecule has 5 heteroatoms. The summed E-state index contributed by atoms with van der Waals surface area (Å²) in [5, 5.41) is 20.8. The van der Waals surface area contributed by atoms with Crippen molar-refractivity contribution < 1.29 is 19.8 Å². The molecule has 0 heterocycles. The molecule has 18 heavy (non-hydrogen) atoms. The van der Waals surface area contributed by atoms with Gasteiger partial charge in [-0.3, -0.25) is 4.79 Å². The molecule has 0 unspecified atom stereocenters. The van der Waals surface area contributed by atoms with Gasteiger partial charge in [0.1, 0.15) is 11.8 Å². The van der Waals surface area contributed by atoms with Crippen LogP contribution in [0.2, 0.25) is 0 Å². The van der Waals surface area contributed by atoms with Gasteiger partial charge in [0.25, 0.3) is 5.91 Å². The largest absolute Gasteiger partial charge is 0.508 e. The lowest BCUT2D eigenvalue weighted by Gasteiger charge is -2.13. The number of benzene rings is 1. The monoisotopic (exact) mass is 251 g/mol. The highest BCUT2D eigenvalue weighted by atomic mass is 16.4. The molecule has 0 aromatic heterocycles. The third kappa shape index (κ3) is 3.48. The number of carboxylic acid groups (broad SMARTS) is 1. The average Bonchev–Trinajstić information content (AvgIpc) is 2.31. The fourth-order valence-corrected chi connectivity index (χ4v) is 1.58. The lowest BCUT2D eigenvalue weighted by molar-refractivity contribution is -0.139. The van der Waals surface area contributed by atoms with E-state index >= 15 is 0 Å². The maximum Gasteiger partial charge on any atom is 0.326 e. The van der Waals surface area contributed by atoms with E-state index in [0.717, 1.165) is 0 Å². The maximum absolute atomic E-state index is 11.8. The van der Waals surface area contributed by atoms with Crippen LogP contribution < -0.4 is 5.32 Å². The third-order valence-corrected chi connectivity index (χ3v) is 2.64. The zero-order chi connectivity index (χ0) is 13.7. The summed E-state index contributed by atoms with van der Waals surface area (Å²) >= 11 is 0. The molecular weight excluding hydrogens is 234 g/mol. The third-order valence-electron chi connectivity index (χ3n) is 2.64. The summed E-state index contributed by atoms with van der Waals surface area (Å²) in [5.41, 5.74) is 0.915. The molecular formula is C13H17NO4. The van der Waals surface area contributed by atoms with Crippen molar-refractivity contribution in [2.45, 2.75) is 32.7 Å². The predicted octanol–water partition coefficient (Wildman–Crippen LogP) is 1.68. The first-order valence-corrected chi connectivity index (χ1v) is 5.79. The number of aliphatic carboxylic acids is 1. The molecule has 0 spiro atoms. The van der Waals surface area contributed by atoms with Crippen molar-refractivity contribution in [3.8, 4) is 5.75 Å². The van der Waals surface area contributed by atoms with E-state index in [1.807, 2.05) is 6.92 Å². The molecule has 98 valence electrons. The summed E-state index contributed by atoms with van der Waals surface area (Å²) in [4.78, 5) is 22.8. The Morgan fingerprint density at radius 3 is 2.56 bits per heavy atom. The molecule has 1 rings (SSSR count). The van der Waals surface area contributed by atoms with Gasteiger partial charge in [-0.25, -0.2) is 4.79 Å². The molecule has 3 N–H and O–H groups in total. The van der Waals surface area contributed by atoms with Crippen LogP contribution >= 0.6 is 0 Å². The zero-order valence-corrected chi connectivity index (χ0v) is 10.4. The molecule has 1 aromatic carbocycles. The van der Waals surface area contributed by atoms with Crippen molar-refractivity contribution in [1.29, 1.82) is 0 Å². The van der Waals surface area contributed by atoms with Crippen LogP contribution in [0.25, 0.3) is 0 Å². The number of phenolic OH excluding ortho intramolecular Hbond substituents is 1. The number of aryl methyl sites for hydroxylation is 1. The van der Waals surface area contributed by atoms with Crippen molar-refractivity contribution in [3.63, 3.8) is 0 Å². The van der Waals surface area contributed by atoms with Crippen LogP contribution in [-0.4, -0.2) is 28.1 Å². The number of carbonyl (C=O) groups excluding carboxylic acids is 1. The van der Waals surface area contributed by atoms with Gasteiger partial charge in [0.15, 0.2) is 0 Å². The summed E-state index contributed by atoms with van der Waals surface area (Å²) in [6, 6.07) is 3.52. The van der Waals surface area contributed by atoms with Crippen molar-refractivity contribution in [3.05, 3.63) is 29.3 Å². The normalized spacial score (nSPS) is 11.9. The minimum Gasteiger partial charge on any atom is -0.508 e. The molecule has 0 radical (unpaired) electrons. The van der Waals surface area contributed by atoms with E-state index in [1.165, 1.54) is 18.2 Å². The molecule has 1 amide bonds. The van der Waals surface area contributed by atoms with Gasteiger partial charge in [-0.1, -0.05) is 13.3 Å². The van der Waals surface area contributed by atoms with Gasteiger partial charge in [-0.2, -0.15) is 0 Å². The second-order valence-corrected chi connectivity index (χ2v) is 4.15. The number of hydrogen-bond donors (Lipinski definition) is 3. The van der Waals surface area contributed by atoms with Crippen molar-refractivity contribution >= 4 is 11.9 Å². The van der Waals surface area contributed by atoms with Crippen LogP contribution in [0.3, 0.4) is 0 Å². The Hall–Kier alpha value is -2.04. The predicted molar refractivity (Wildman–Crippen MR) is 66.6 cm³/mol. The SMILES string of the molecule is CCC[C@H](NC(=O)c1ccc(O)c(C)c1)C(=O)O. The molecule has 0 aliphatic rings. The molecule has 0 bridgehead atoms. The molecule has 1 aromatic rings. The minimum atomic E-state index is -1.04. The molecule has 0 aliphatic heterocycles. The average molecular weight is 251 g/mol. The van der Waals surface area contributed by atoms with Crippen LogP contribution in [0.5, 0.6) is 5.75 Å². The van der Waals surface area contributed by atoms with E-state index in [4.69, 9.17) is 5.11 Å². The Kier molecular flexibility index (Phi) is 4.71. The zero-order valence-electron chi connectivity index (χ0n) is 10.4. The molecule has 5 nitrogen and oxygen atoms in total. The first-order valence-electron chi connectivity index (χ1n) is 5.79. The molecule has 0 saturated carbocycles. The van der Waals surface area contributed by atoms with Crippen molar-refractivity contribution in [2.75, 3.05) is 0 Å². The first kappa shape index (κ1) is 14.0. The van der Waals surface area contributed by atoms with Crippen molar-refractivity contribution in [2.24, 2.45) is 0 Å². The quantitative estimate of drug-likeness (QED) is 0.743. The summed E-state index contributed by atoms with van der Waals surface area (Å²) in [6.45, 7) is 3.53. The van der Waals surface area contributed by atoms with E-state index < -0.39 is 17.9 Å². The van der Waals surface area contributed by atoms with E-state index in [2.05, 4.69) is 5.32 Å². The summed E-state index contributed by atoms with van der Waals surface area (Å²) in [6.07, 6.45) is 1.06. The number of phenols is 1. The Morgan fingerprint density at radius 2 is 2.06 bits per heavy atom. The summed E-state index contributed by atoms with van der Waals surface area (Å²) in [7, 11) is 0. The Labute approximate surface area is 105 Å². The molecule has 0 aliphatic carbocycles.